The first-order valence-corrected chi connectivity index (χ1v) is 7.28. The summed E-state index contributed by atoms with van der Waals surface area (Å²) in [5.74, 6) is 1.14. The second-order valence-electron chi connectivity index (χ2n) is 4.40. The predicted molar refractivity (Wildman–Crippen MR) is 85.1 cm³/mol. The maximum Gasteiger partial charge on any atom is 0.222 e. The zero-order valence-electron chi connectivity index (χ0n) is 12.0. The van der Waals surface area contributed by atoms with Crippen molar-refractivity contribution in [2.24, 2.45) is 0 Å². The molecule has 2 N–H and O–H groups in total. The number of benzene rings is 1. The monoisotopic (exact) mass is 320 g/mol. The van der Waals surface area contributed by atoms with Gasteiger partial charge in [0.05, 0.1) is 6.54 Å². The molecule has 0 atom stereocenters. The summed E-state index contributed by atoms with van der Waals surface area (Å²) in [6.07, 6.45) is 3.63. The lowest BCUT2D eigenvalue weighted by Gasteiger charge is -2.08. The van der Waals surface area contributed by atoms with E-state index in [0.717, 1.165) is 0 Å². The molecule has 7 heteroatoms. The zero-order chi connectivity index (χ0) is 15.6. The van der Waals surface area contributed by atoms with Crippen molar-refractivity contribution in [3.05, 3.63) is 47.7 Å². The summed E-state index contributed by atoms with van der Waals surface area (Å²) in [6, 6.07) is 8.87. The number of hydrogen-bond donors (Lipinski definition) is 2. The van der Waals surface area contributed by atoms with Gasteiger partial charge in [0.1, 0.15) is 12.4 Å². The molecule has 6 nitrogen and oxygen atoms in total. The van der Waals surface area contributed by atoms with Crippen LogP contribution in [0.5, 0.6) is 5.75 Å². The van der Waals surface area contributed by atoms with Gasteiger partial charge in [0.25, 0.3) is 0 Å². The molecule has 1 amide bonds. The summed E-state index contributed by atoms with van der Waals surface area (Å²) in [5.41, 5.74) is 0. The van der Waals surface area contributed by atoms with Crippen molar-refractivity contribution in [3.63, 3.8) is 0 Å². The van der Waals surface area contributed by atoms with E-state index >= 15 is 0 Å². The van der Waals surface area contributed by atoms with Crippen molar-refractivity contribution in [1.29, 1.82) is 0 Å². The molecule has 116 valence electrons. The van der Waals surface area contributed by atoms with E-state index in [1.165, 1.54) is 0 Å². The van der Waals surface area contributed by atoms with Gasteiger partial charge in [0.15, 0.2) is 0 Å². The van der Waals surface area contributed by atoms with Gasteiger partial charge < -0.3 is 15.4 Å². The van der Waals surface area contributed by atoms with Crippen molar-refractivity contribution in [3.8, 4) is 5.75 Å². The Labute approximate surface area is 133 Å². The van der Waals surface area contributed by atoms with Gasteiger partial charge in [-0.1, -0.05) is 17.7 Å². The van der Waals surface area contributed by atoms with Gasteiger partial charge in [-0.2, -0.15) is 0 Å². The maximum absolute atomic E-state index is 11.6. The molecule has 0 saturated carbocycles. The molecule has 2 rings (SSSR count). The number of carbonyl (C=O) groups is 1. The normalized spacial score (nSPS) is 10.0. The van der Waals surface area contributed by atoms with Crippen LogP contribution in [0.2, 0.25) is 5.02 Å². The Morgan fingerprint density at radius 2 is 2.00 bits per heavy atom. The zero-order valence-corrected chi connectivity index (χ0v) is 12.7. The Morgan fingerprint density at radius 1 is 1.18 bits per heavy atom. The minimum absolute atomic E-state index is 0.0573. The Kier molecular flexibility index (Phi) is 6.44. The highest BCUT2D eigenvalue weighted by molar-refractivity contribution is 6.30. The number of amides is 1. The maximum atomic E-state index is 11.6. The summed E-state index contributed by atoms with van der Waals surface area (Å²) in [4.78, 5) is 19.6. The van der Waals surface area contributed by atoms with Crippen molar-refractivity contribution >= 4 is 23.5 Å². The van der Waals surface area contributed by atoms with E-state index in [1.54, 1.807) is 30.6 Å². The number of ether oxygens (including phenoxy) is 1. The fourth-order valence-electron chi connectivity index (χ4n) is 1.68. The minimum atomic E-state index is -0.0573. The lowest BCUT2D eigenvalue weighted by Crippen LogP contribution is -2.29. The largest absolute Gasteiger partial charge is 0.492 e. The molecule has 22 heavy (non-hydrogen) atoms. The van der Waals surface area contributed by atoms with Crippen LogP contribution in [0.25, 0.3) is 0 Å². The van der Waals surface area contributed by atoms with Gasteiger partial charge in [-0.05, 0) is 24.3 Å². The summed E-state index contributed by atoms with van der Waals surface area (Å²) < 4.78 is 5.48. The molecular formula is C15H17ClN4O2. The van der Waals surface area contributed by atoms with Gasteiger partial charge in [-0.15, -0.1) is 0 Å². The second-order valence-corrected chi connectivity index (χ2v) is 4.84. The van der Waals surface area contributed by atoms with Crippen LogP contribution in [0.1, 0.15) is 6.42 Å². The molecule has 1 aromatic carbocycles. The molecule has 0 fully saturated rings. The number of carbonyl (C=O) groups excluding carboxylic acids is 1. The molecule has 0 radical (unpaired) electrons. The number of hydrogen-bond acceptors (Lipinski definition) is 5. The molecule has 0 aliphatic heterocycles. The Balaban J connectivity index is 1.56. The van der Waals surface area contributed by atoms with Crippen LogP contribution in [0.15, 0.2) is 42.7 Å². The number of nitrogens with one attached hydrogen (secondary N) is 2. The average Bonchev–Trinajstić information content (AvgIpc) is 2.53. The van der Waals surface area contributed by atoms with E-state index in [-0.39, 0.29) is 5.91 Å². The smallest absolute Gasteiger partial charge is 0.222 e. The highest BCUT2D eigenvalue weighted by Gasteiger charge is 2.01. The number of rotatable bonds is 8. The highest BCUT2D eigenvalue weighted by Crippen LogP contribution is 2.16. The third-order valence-corrected chi connectivity index (χ3v) is 2.93. The number of nitrogens with zero attached hydrogens (tertiary/aromatic N) is 2. The van der Waals surface area contributed by atoms with Gasteiger partial charge >= 0.3 is 0 Å². The Morgan fingerprint density at radius 3 is 2.77 bits per heavy atom. The molecule has 1 aromatic heterocycles. The number of anilines is 1. The summed E-state index contributed by atoms with van der Waals surface area (Å²) in [5, 5.41) is 6.37. The number of aromatic nitrogens is 2. The van der Waals surface area contributed by atoms with E-state index < -0.39 is 0 Å². The fraction of sp³-hybridized carbons (Fsp3) is 0.267. The van der Waals surface area contributed by atoms with Crippen LogP contribution < -0.4 is 15.4 Å². The van der Waals surface area contributed by atoms with E-state index in [1.807, 2.05) is 12.1 Å². The Bertz CT molecular complexity index is 595. The quantitative estimate of drug-likeness (QED) is 0.729. The lowest BCUT2D eigenvalue weighted by atomic mass is 10.3. The first-order chi connectivity index (χ1) is 10.7. The second kappa shape index (κ2) is 8.84. The van der Waals surface area contributed by atoms with E-state index in [0.29, 0.717) is 42.8 Å². The molecule has 0 spiro atoms. The van der Waals surface area contributed by atoms with Crippen LogP contribution in [-0.4, -0.2) is 35.6 Å². The van der Waals surface area contributed by atoms with Crippen molar-refractivity contribution in [1.82, 2.24) is 15.3 Å². The molecular weight excluding hydrogens is 304 g/mol. The van der Waals surface area contributed by atoms with Crippen LogP contribution in [0.3, 0.4) is 0 Å². The van der Waals surface area contributed by atoms with E-state index in [2.05, 4.69) is 20.6 Å². The van der Waals surface area contributed by atoms with Crippen LogP contribution in [0.4, 0.5) is 5.95 Å². The first kappa shape index (κ1) is 16.0. The third kappa shape index (κ3) is 5.97. The van der Waals surface area contributed by atoms with Gasteiger partial charge in [-0.3, -0.25) is 4.79 Å². The Hall–Kier alpha value is -2.34. The van der Waals surface area contributed by atoms with Crippen LogP contribution in [-0.2, 0) is 4.79 Å². The fourth-order valence-corrected chi connectivity index (χ4v) is 1.86. The molecule has 2 aromatic rings. The molecule has 1 heterocycles. The number of halogens is 1. The predicted octanol–water partition coefficient (Wildman–Crippen LogP) is 2.13. The lowest BCUT2D eigenvalue weighted by molar-refractivity contribution is -0.120. The SMILES string of the molecule is O=C(CCNc1ncccn1)NCCOc1cccc(Cl)c1. The van der Waals surface area contributed by atoms with Gasteiger partial charge in [0.2, 0.25) is 11.9 Å². The first-order valence-electron chi connectivity index (χ1n) is 6.90. The van der Waals surface area contributed by atoms with Crippen molar-refractivity contribution in [2.75, 3.05) is 25.0 Å². The molecule has 0 unspecified atom stereocenters. The highest BCUT2D eigenvalue weighted by atomic mass is 35.5. The van der Waals surface area contributed by atoms with E-state index in [4.69, 9.17) is 16.3 Å². The van der Waals surface area contributed by atoms with Crippen LogP contribution in [0, 0.1) is 0 Å². The average molecular weight is 321 g/mol. The minimum Gasteiger partial charge on any atom is -0.492 e. The third-order valence-electron chi connectivity index (χ3n) is 2.69. The van der Waals surface area contributed by atoms with Gasteiger partial charge in [0, 0.05) is 30.4 Å². The topological polar surface area (TPSA) is 76.1 Å². The van der Waals surface area contributed by atoms with Crippen molar-refractivity contribution in [2.45, 2.75) is 6.42 Å². The van der Waals surface area contributed by atoms with Crippen LogP contribution >= 0.6 is 11.6 Å². The molecule has 0 aliphatic rings. The molecule has 0 bridgehead atoms. The summed E-state index contributed by atoms with van der Waals surface area (Å²) in [7, 11) is 0. The summed E-state index contributed by atoms with van der Waals surface area (Å²) in [6.45, 7) is 1.31. The molecule has 0 saturated heterocycles. The van der Waals surface area contributed by atoms with Gasteiger partial charge in [-0.25, -0.2) is 9.97 Å². The van der Waals surface area contributed by atoms with Crippen molar-refractivity contribution < 1.29 is 9.53 Å². The van der Waals surface area contributed by atoms with E-state index in [9.17, 15) is 4.79 Å². The molecule has 0 aliphatic carbocycles. The summed E-state index contributed by atoms with van der Waals surface area (Å²) >= 11 is 5.85. The standard InChI is InChI=1S/C15H17ClN4O2/c16-12-3-1-4-13(11-12)22-10-9-17-14(21)5-8-20-15-18-6-2-7-19-15/h1-4,6-7,11H,5,8-10H2,(H,17,21)(H,18,19,20).